The highest BCUT2D eigenvalue weighted by Crippen LogP contribution is 2.20. The maximum Gasteiger partial charge on any atom is 0.319 e. The van der Waals surface area contributed by atoms with Crippen LogP contribution >= 0.6 is 0 Å². The van der Waals surface area contributed by atoms with E-state index < -0.39 is 9.84 Å². The Hall–Kier alpha value is -1.60. The van der Waals surface area contributed by atoms with Crippen LogP contribution in [0.3, 0.4) is 0 Å². The van der Waals surface area contributed by atoms with E-state index in [0.717, 1.165) is 18.8 Å². The van der Waals surface area contributed by atoms with Gasteiger partial charge in [-0.3, -0.25) is 4.90 Å². The van der Waals surface area contributed by atoms with Crippen molar-refractivity contribution in [2.45, 2.75) is 45.7 Å². The van der Waals surface area contributed by atoms with Gasteiger partial charge >= 0.3 is 6.03 Å². The summed E-state index contributed by atoms with van der Waals surface area (Å²) in [5, 5.41) is 5.36. The molecule has 1 aliphatic rings. The summed E-state index contributed by atoms with van der Waals surface area (Å²) in [5.74, 6) is 0.0527. The molecular weight excluding hydrogens is 338 g/mol. The van der Waals surface area contributed by atoms with Crippen molar-refractivity contribution in [3.8, 4) is 0 Å². The first kappa shape index (κ1) is 19.7. The minimum absolute atomic E-state index is 0.0379. The van der Waals surface area contributed by atoms with Crippen LogP contribution in [0.5, 0.6) is 0 Å². The van der Waals surface area contributed by atoms with Gasteiger partial charge in [-0.1, -0.05) is 25.5 Å². The molecule has 140 valence electrons. The summed E-state index contributed by atoms with van der Waals surface area (Å²) >= 11 is 0. The number of piperidine rings is 1. The molecule has 1 heterocycles. The number of nitrogens with zero attached hydrogens (tertiary/aromatic N) is 1. The summed E-state index contributed by atoms with van der Waals surface area (Å²) < 4.78 is 22.8. The highest BCUT2D eigenvalue weighted by atomic mass is 32.2. The average molecular weight is 368 g/mol. The van der Waals surface area contributed by atoms with Crippen molar-refractivity contribution in [1.29, 1.82) is 0 Å². The van der Waals surface area contributed by atoms with Crippen molar-refractivity contribution >= 4 is 21.6 Å². The molecule has 0 unspecified atom stereocenters. The zero-order chi connectivity index (χ0) is 18.3. The molecule has 0 aliphatic carbocycles. The normalized spacial score (nSPS) is 18.7. The predicted octanol–water partition coefficient (Wildman–Crippen LogP) is 2.62. The van der Waals surface area contributed by atoms with Gasteiger partial charge in [0.1, 0.15) is 0 Å². The minimum Gasteiger partial charge on any atom is -0.337 e. The summed E-state index contributed by atoms with van der Waals surface area (Å²) in [6.07, 6.45) is 3.78. The molecule has 1 fully saturated rings. The third-order valence-corrected chi connectivity index (χ3v) is 6.36. The number of nitrogens with one attached hydrogen (secondary N) is 2. The maximum atomic E-state index is 11.9. The molecule has 6 nitrogen and oxygen atoms in total. The fourth-order valence-electron chi connectivity index (χ4n) is 3.01. The molecule has 0 aromatic heterocycles. The molecule has 25 heavy (non-hydrogen) atoms. The van der Waals surface area contributed by atoms with Gasteiger partial charge in [0.15, 0.2) is 9.84 Å². The van der Waals surface area contributed by atoms with Crippen LogP contribution in [0.1, 0.15) is 38.7 Å². The molecule has 1 aromatic carbocycles. The van der Waals surface area contributed by atoms with Crippen LogP contribution in [0.2, 0.25) is 0 Å². The van der Waals surface area contributed by atoms with Gasteiger partial charge in [0.05, 0.1) is 5.75 Å². The molecule has 0 bridgehead atoms. The number of anilines is 1. The molecule has 7 heteroatoms. The van der Waals surface area contributed by atoms with Crippen molar-refractivity contribution < 1.29 is 13.2 Å². The fraction of sp³-hybridized carbons (Fsp3) is 0.611. The van der Waals surface area contributed by atoms with E-state index in [-0.39, 0.29) is 24.1 Å². The zero-order valence-corrected chi connectivity index (χ0v) is 15.9. The number of hydrogen-bond donors (Lipinski definition) is 2. The molecule has 1 aliphatic heterocycles. The summed E-state index contributed by atoms with van der Waals surface area (Å²) in [7, 11) is -3.06. The first-order valence-corrected chi connectivity index (χ1v) is 10.8. The van der Waals surface area contributed by atoms with Gasteiger partial charge in [-0.25, -0.2) is 13.2 Å². The molecule has 1 aromatic rings. The second-order valence-electron chi connectivity index (χ2n) is 6.63. The number of sulfone groups is 1. The van der Waals surface area contributed by atoms with Crippen molar-refractivity contribution in [2.75, 3.05) is 29.9 Å². The van der Waals surface area contributed by atoms with Crippen LogP contribution in [-0.4, -0.2) is 50.0 Å². The number of benzene rings is 1. The van der Waals surface area contributed by atoms with E-state index in [1.54, 1.807) is 6.92 Å². The second kappa shape index (κ2) is 9.20. The second-order valence-corrected chi connectivity index (χ2v) is 9.11. The zero-order valence-electron chi connectivity index (χ0n) is 15.1. The van der Waals surface area contributed by atoms with Gasteiger partial charge < -0.3 is 10.6 Å². The Morgan fingerprint density at radius 3 is 2.84 bits per heavy atom. The Kier molecular flexibility index (Phi) is 7.25. The number of likely N-dealkylation sites (tertiary alicyclic amines) is 1. The van der Waals surface area contributed by atoms with Crippen molar-refractivity contribution in [3.05, 3.63) is 29.8 Å². The smallest absolute Gasteiger partial charge is 0.319 e. The Balaban J connectivity index is 1.85. The molecule has 0 saturated carbocycles. The lowest BCUT2D eigenvalue weighted by atomic mass is 10.0. The van der Waals surface area contributed by atoms with Crippen molar-refractivity contribution in [3.63, 3.8) is 0 Å². The van der Waals surface area contributed by atoms with Gasteiger partial charge in [-0.15, -0.1) is 0 Å². The number of hydrogen-bond acceptors (Lipinski definition) is 4. The van der Waals surface area contributed by atoms with E-state index in [9.17, 15) is 13.2 Å². The Bertz CT molecular complexity index is 676. The number of carbonyl (C=O) groups is 1. The SMILES string of the molecule is CCS(=O)(=O)CCNC(=O)Nc1cccc(CN2CCCC[C@@H]2C)c1. The molecule has 1 atom stereocenters. The summed E-state index contributed by atoms with van der Waals surface area (Å²) in [6, 6.07) is 8.03. The molecule has 0 radical (unpaired) electrons. The molecule has 2 rings (SSSR count). The molecule has 0 spiro atoms. The van der Waals surface area contributed by atoms with Gasteiger partial charge in [0.25, 0.3) is 0 Å². The van der Waals surface area contributed by atoms with Crippen LogP contribution in [-0.2, 0) is 16.4 Å². The average Bonchev–Trinajstić information content (AvgIpc) is 2.57. The number of urea groups is 1. The Morgan fingerprint density at radius 1 is 1.32 bits per heavy atom. The van der Waals surface area contributed by atoms with E-state index in [0.29, 0.717) is 6.04 Å². The Labute approximate surface area is 150 Å². The highest BCUT2D eigenvalue weighted by Gasteiger charge is 2.18. The number of rotatable bonds is 7. The highest BCUT2D eigenvalue weighted by molar-refractivity contribution is 7.91. The van der Waals surface area contributed by atoms with E-state index in [1.165, 1.54) is 24.8 Å². The lowest BCUT2D eigenvalue weighted by Crippen LogP contribution is -2.36. The fourth-order valence-corrected chi connectivity index (χ4v) is 3.72. The van der Waals surface area contributed by atoms with Gasteiger partial charge in [-0.05, 0) is 44.0 Å². The molecular formula is C18H29N3O3S. The van der Waals surface area contributed by atoms with Crippen LogP contribution in [0.15, 0.2) is 24.3 Å². The topological polar surface area (TPSA) is 78.5 Å². The standard InChI is InChI=1S/C18H29N3O3S/c1-3-25(23,24)12-10-19-18(22)20-17-9-6-8-16(13-17)14-21-11-5-4-7-15(21)2/h6,8-9,13,15H,3-5,7,10-12,14H2,1-2H3,(H2,19,20,22)/t15-/m0/s1. The van der Waals surface area contributed by atoms with Gasteiger partial charge in [-0.2, -0.15) is 0 Å². The summed E-state index contributed by atoms with van der Waals surface area (Å²) in [5.41, 5.74) is 1.89. The van der Waals surface area contributed by atoms with Gasteiger partial charge in [0.2, 0.25) is 0 Å². The van der Waals surface area contributed by atoms with E-state index in [1.807, 2.05) is 18.2 Å². The van der Waals surface area contributed by atoms with Crippen LogP contribution in [0.25, 0.3) is 0 Å². The third kappa shape index (κ3) is 6.66. The quantitative estimate of drug-likeness (QED) is 0.776. The molecule has 1 saturated heterocycles. The number of carbonyl (C=O) groups excluding carboxylic acids is 1. The maximum absolute atomic E-state index is 11.9. The Morgan fingerprint density at radius 2 is 2.12 bits per heavy atom. The first-order chi connectivity index (χ1) is 11.9. The van der Waals surface area contributed by atoms with Crippen LogP contribution in [0, 0.1) is 0 Å². The van der Waals surface area contributed by atoms with E-state index in [2.05, 4.69) is 28.5 Å². The first-order valence-electron chi connectivity index (χ1n) is 8.98. The van der Waals surface area contributed by atoms with Crippen molar-refractivity contribution in [1.82, 2.24) is 10.2 Å². The lowest BCUT2D eigenvalue weighted by molar-refractivity contribution is 0.152. The summed E-state index contributed by atoms with van der Waals surface area (Å²) in [6.45, 7) is 5.98. The summed E-state index contributed by atoms with van der Waals surface area (Å²) in [4.78, 5) is 14.4. The van der Waals surface area contributed by atoms with Crippen molar-refractivity contribution in [2.24, 2.45) is 0 Å². The molecule has 2 N–H and O–H groups in total. The largest absolute Gasteiger partial charge is 0.337 e. The minimum atomic E-state index is -3.06. The van der Waals surface area contributed by atoms with Crippen LogP contribution in [0.4, 0.5) is 10.5 Å². The number of amides is 2. The van der Waals surface area contributed by atoms with E-state index >= 15 is 0 Å². The van der Waals surface area contributed by atoms with Crippen LogP contribution < -0.4 is 10.6 Å². The van der Waals surface area contributed by atoms with E-state index in [4.69, 9.17) is 0 Å². The van der Waals surface area contributed by atoms with Gasteiger partial charge in [0, 0.05) is 30.6 Å². The molecule has 2 amide bonds. The monoisotopic (exact) mass is 367 g/mol. The predicted molar refractivity (Wildman–Crippen MR) is 102 cm³/mol. The lowest BCUT2D eigenvalue weighted by Gasteiger charge is -2.33. The third-order valence-electron chi connectivity index (χ3n) is 4.65.